The highest BCUT2D eigenvalue weighted by molar-refractivity contribution is 5.95. The molecule has 0 radical (unpaired) electrons. The Morgan fingerprint density at radius 3 is 2.62 bits per heavy atom. The summed E-state index contributed by atoms with van der Waals surface area (Å²) in [6.07, 6.45) is 0.921. The molecule has 0 aromatic heterocycles. The number of hydrogen-bond acceptors (Lipinski definition) is 4. The van der Waals surface area contributed by atoms with Gasteiger partial charge in [0.15, 0.2) is 11.5 Å². The van der Waals surface area contributed by atoms with E-state index in [0.717, 1.165) is 12.2 Å². The molecule has 5 nitrogen and oxygen atoms in total. The van der Waals surface area contributed by atoms with Crippen molar-refractivity contribution < 1.29 is 19.4 Å². The summed E-state index contributed by atoms with van der Waals surface area (Å²) in [7, 11) is 1.47. The maximum absolute atomic E-state index is 12.4. The van der Waals surface area contributed by atoms with Gasteiger partial charge in [-0.1, -0.05) is 25.1 Å². The van der Waals surface area contributed by atoms with Crippen LogP contribution < -0.4 is 9.47 Å². The van der Waals surface area contributed by atoms with Crippen molar-refractivity contribution in [2.24, 2.45) is 0 Å². The molecule has 126 valence electrons. The van der Waals surface area contributed by atoms with Crippen LogP contribution in [0.15, 0.2) is 42.5 Å². The maximum Gasteiger partial charge on any atom is 0.254 e. The molecule has 2 aromatic carbocycles. The van der Waals surface area contributed by atoms with Gasteiger partial charge in [-0.3, -0.25) is 4.79 Å². The lowest BCUT2D eigenvalue weighted by atomic mass is 10.1. The Kier molecular flexibility index (Phi) is 4.60. The van der Waals surface area contributed by atoms with Crippen LogP contribution in [0.2, 0.25) is 0 Å². The SMILES string of the molecule is CCc1ccccc1OC1CN(C(=O)c2ccc(OC)c(O)c2)C1. The zero-order valence-electron chi connectivity index (χ0n) is 13.9. The van der Waals surface area contributed by atoms with Crippen LogP contribution in [0.3, 0.4) is 0 Å². The third-order valence-electron chi connectivity index (χ3n) is 4.21. The second-order valence-electron chi connectivity index (χ2n) is 5.80. The lowest BCUT2D eigenvalue weighted by Gasteiger charge is -2.39. The van der Waals surface area contributed by atoms with E-state index < -0.39 is 0 Å². The second kappa shape index (κ2) is 6.83. The highest BCUT2D eigenvalue weighted by Crippen LogP contribution is 2.28. The molecule has 0 atom stereocenters. The first kappa shape index (κ1) is 16.2. The van der Waals surface area contributed by atoms with E-state index in [2.05, 4.69) is 13.0 Å². The number of phenols is 1. The quantitative estimate of drug-likeness (QED) is 0.917. The zero-order chi connectivity index (χ0) is 17.1. The van der Waals surface area contributed by atoms with Crippen LogP contribution in [0.25, 0.3) is 0 Å². The molecule has 1 aliphatic rings. The number of phenolic OH excluding ortho intramolecular Hbond substituents is 1. The lowest BCUT2D eigenvalue weighted by molar-refractivity contribution is 0.0174. The largest absolute Gasteiger partial charge is 0.504 e. The predicted octanol–water partition coefficient (Wildman–Crippen LogP) is 2.87. The van der Waals surface area contributed by atoms with Gasteiger partial charge in [0.1, 0.15) is 11.9 Å². The smallest absolute Gasteiger partial charge is 0.254 e. The number of aromatic hydroxyl groups is 1. The van der Waals surface area contributed by atoms with Crippen LogP contribution in [0.4, 0.5) is 0 Å². The predicted molar refractivity (Wildman–Crippen MR) is 90.8 cm³/mol. The monoisotopic (exact) mass is 327 g/mol. The van der Waals surface area contributed by atoms with Crippen molar-refractivity contribution in [3.8, 4) is 17.2 Å². The first-order valence-electron chi connectivity index (χ1n) is 8.03. The Labute approximate surface area is 141 Å². The first-order chi connectivity index (χ1) is 11.6. The number of benzene rings is 2. The summed E-state index contributed by atoms with van der Waals surface area (Å²) in [6, 6.07) is 12.6. The van der Waals surface area contributed by atoms with Crippen LogP contribution in [-0.2, 0) is 6.42 Å². The van der Waals surface area contributed by atoms with E-state index in [4.69, 9.17) is 9.47 Å². The minimum absolute atomic E-state index is 0.00787. The van der Waals surface area contributed by atoms with Crippen LogP contribution in [0.1, 0.15) is 22.8 Å². The summed E-state index contributed by atoms with van der Waals surface area (Å²) >= 11 is 0. The van der Waals surface area contributed by atoms with Gasteiger partial charge in [-0.25, -0.2) is 0 Å². The zero-order valence-corrected chi connectivity index (χ0v) is 13.9. The first-order valence-corrected chi connectivity index (χ1v) is 8.03. The molecule has 0 spiro atoms. The number of hydrogen-bond donors (Lipinski definition) is 1. The average molecular weight is 327 g/mol. The molecule has 1 amide bonds. The molecule has 1 heterocycles. The van der Waals surface area contributed by atoms with Crippen molar-refractivity contribution in [3.63, 3.8) is 0 Å². The van der Waals surface area contributed by atoms with E-state index in [1.807, 2.05) is 18.2 Å². The molecule has 1 saturated heterocycles. The van der Waals surface area contributed by atoms with Gasteiger partial charge >= 0.3 is 0 Å². The van der Waals surface area contributed by atoms with Gasteiger partial charge in [-0.05, 0) is 36.2 Å². The average Bonchev–Trinajstić information content (AvgIpc) is 2.57. The second-order valence-corrected chi connectivity index (χ2v) is 5.80. The Hall–Kier alpha value is -2.69. The van der Waals surface area contributed by atoms with E-state index in [0.29, 0.717) is 24.4 Å². The summed E-state index contributed by atoms with van der Waals surface area (Å²) < 4.78 is 11.0. The Morgan fingerprint density at radius 1 is 1.21 bits per heavy atom. The third kappa shape index (κ3) is 3.15. The topological polar surface area (TPSA) is 59.0 Å². The molecule has 0 bridgehead atoms. The van der Waals surface area contributed by atoms with Gasteiger partial charge < -0.3 is 19.5 Å². The molecule has 0 aliphatic carbocycles. The van der Waals surface area contributed by atoms with Crippen LogP contribution in [0.5, 0.6) is 17.2 Å². The summed E-state index contributed by atoms with van der Waals surface area (Å²) in [5.41, 5.74) is 1.61. The molecular weight excluding hydrogens is 306 g/mol. The number of likely N-dealkylation sites (tertiary alicyclic amines) is 1. The third-order valence-corrected chi connectivity index (χ3v) is 4.21. The van der Waals surface area contributed by atoms with Crippen molar-refractivity contribution in [1.82, 2.24) is 4.90 Å². The number of amides is 1. The number of ether oxygens (including phenoxy) is 2. The number of para-hydroxylation sites is 1. The van der Waals surface area contributed by atoms with Gasteiger partial charge in [0.25, 0.3) is 5.91 Å². The van der Waals surface area contributed by atoms with Gasteiger partial charge in [-0.15, -0.1) is 0 Å². The van der Waals surface area contributed by atoms with Crippen molar-refractivity contribution >= 4 is 5.91 Å². The number of rotatable bonds is 5. The molecular formula is C19H21NO4. The van der Waals surface area contributed by atoms with E-state index in [-0.39, 0.29) is 17.8 Å². The summed E-state index contributed by atoms with van der Waals surface area (Å²) in [5, 5.41) is 9.80. The van der Waals surface area contributed by atoms with Crippen LogP contribution in [0, 0.1) is 0 Å². The Morgan fingerprint density at radius 2 is 1.96 bits per heavy atom. The summed E-state index contributed by atoms with van der Waals surface area (Å²) in [5.74, 6) is 1.09. The van der Waals surface area contributed by atoms with Crippen LogP contribution >= 0.6 is 0 Å². The normalized spacial score (nSPS) is 14.2. The van der Waals surface area contributed by atoms with E-state index in [1.54, 1.807) is 17.0 Å². The number of carbonyl (C=O) groups excluding carboxylic acids is 1. The van der Waals surface area contributed by atoms with Crippen molar-refractivity contribution in [1.29, 1.82) is 0 Å². The summed E-state index contributed by atoms with van der Waals surface area (Å²) in [4.78, 5) is 14.1. The number of aryl methyl sites for hydroxylation is 1. The van der Waals surface area contributed by atoms with E-state index in [9.17, 15) is 9.90 Å². The van der Waals surface area contributed by atoms with Gasteiger partial charge in [0.2, 0.25) is 0 Å². The fourth-order valence-corrected chi connectivity index (χ4v) is 2.77. The van der Waals surface area contributed by atoms with E-state index >= 15 is 0 Å². The van der Waals surface area contributed by atoms with Crippen molar-refractivity contribution in [2.75, 3.05) is 20.2 Å². The Balaban J connectivity index is 1.60. The molecule has 2 aromatic rings. The number of methoxy groups -OCH3 is 1. The molecule has 1 N–H and O–H groups in total. The molecule has 24 heavy (non-hydrogen) atoms. The number of carbonyl (C=O) groups is 1. The van der Waals surface area contributed by atoms with Gasteiger partial charge in [0, 0.05) is 5.56 Å². The molecule has 3 rings (SSSR count). The van der Waals surface area contributed by atoms with Gasteiger partial charge in [-0.2, -0.15) is 0 Å². The van der Waals surface area contributed by atoms with Gasteiger partial charge in [0.05, 0.1) is 20.2 Å². The Bertz CT molecular complexity index is 738. The van der Waals surface area contributed by atoms with E-state index in [1.165, 1.54) is 18.7 Å². The van der Waals surface area contributed by atoms with Crippen molar-refractivity contribution in [2.45, 2.75) is 19.4 Å². The maximum atomic E-state index is 12.4. The lowest BCUT2D eigenvalue weighted by Crippen LogP contribution is -2.56. The minimum Gasteiger partial charge on any atom is -0.504 e. The standard InChI is InChI=1S/C19H21NO4/c1-3-13-6-4-5-7-17(13)24-15-11-20(12-15)19(22)14-8-9-18(23-2)16(21)10-14/h4-10,15,21H,3,11-12H2,1-2H3. The van der Waals surface area contributed by atoms with Crippen LogP contribution in [-0.4, -0.2) is 42.2 Å². The molecule has 0 saturated carbocycles. The summed E-state index contributed by atoms with van der Waals surface area (Å²) in [6.45, 7) is 3.18. The molecule has 0 unspecified atom stereocenters. The molecule has 1 aliphatic heterocycles. The molecule has 5 heteroatoms. The molecule has 1 fully saturated rings. The highest BCUT2D eigenvalue weighted by Gasteiger charge is 2.33. The van der Waals surface area contributed by atoms with Crippen molar-refractivity contribution in [3.05, 3.63) is 53.6 Å². The minimum atomic E-state index is -0.114. The highest BCUT2D eigenvalue weighted by atomic mass is 16.5. The fraction of sp³-hybridized carbons (Fsp3) is 0.316. The number of nitrogens with zero attached hydrogens (tertiary/aromatic N) is 1. The fourth-order valence-electron chi connectivity index (χ4n) is 2.77.